The van der Waals surface area contributed by atoms with E-state index in [9.17, 15) is 81.1 Å². The van der Waals surface area contributed by atoms with Crippen molar-refractivity contribution in [3.63, 3.8) is 0 Å². The third-order valence-electron chi connectivity index (χ3n) is 21.4. The molecule has 478 valence electrons. The highest BCUT2D eigenvalue weighted by molar-refractivity contribution is 5.90. The van der Waals surface area contributed by atoms with Crippen molar-refractivity contribution in [1.82, 2.24) is 0 Å². The number of carbonyl (C=O) groups is 2. The summed E-state index contributed by atoms with van der Waals surface area (Å²) < 4.78 is 54.1. The summed E-state index contributed by atoms with van der Waals surface area (Å²) in [6.45, 7) is 14.3. The molecule has 4 aliphatic heterocycles. The largest absolute Gasteiger partial charge is 0.481 e. The Balaban J connectivity index is 0.997. The number of carboxylic acid groups (broad SMARTS) is 1. The lowest BCUT2D eigenvalue weighted by atomic mass is 9.35. The molecule has 15 N–H and O–H groups in total. The summed E-state index contributed by atoms with van der Waals surface area (Å²) in [4.78, 5) is 23.1. The average molecular weight is 1200 g/mol. The predicted octanol–water partition coefficient (Wildman–Crippen LogP) is -2.18. The second-order valence-corrected chi connectivity index (χ2v) is 26.8. The van der Waals surface area contributed by atoms with E-state index < -0.39 is 196 Å². The molecule has 0 bridgehead atoms. The first-order valence-electron chi connectivity index (χ1n) is 29.4. The third kappa shape index (κ3) is 12.5. The van der Waals surface area contributed by atoms with Crippen molar-refractivity contribution in [2.24, 2.45) is 45.3 Å². The van der Waals surface area contributed by atoms with Gasteiger partial charge in [-0.05, 0) is 124 Å². The number of aliphatic hydroxyl groups excluding tert-OH is 14. The number of rotatable bonds is 19. The summed E-state index contributed by atoms with van der Waals surface area (Å²) in [5.41, 5.74) is -1.83. The number of allylic oxidation sites excluding steroid dienone is 2. The van der Waals surface area contributed by atoms with E-state index in [-0.39, 0.29) is 34.5 Å². The molecule has 83 heavy (non-hydrogen) atoms. The summed E-state index contributed by atoms with van der Waals surface area (Å²) in [6, 6.07) is 0. The normalized spacial score (nSPS) is 49.6. The van der Waals surface area contributed by atoms with E-state index in [2.05, 4.69) is 40.7 Å². The van der Waals surface area contributed by atoms with Gasteiger partial charge in [-0.2, -0.15) is 0 Å². The smallest absolute Gasteiger partial charge is 0.317 e. The quantitative estimate of drug-likeness (QED) is 0.0283. The Morgan fingerprint density at radius 2 is 1.12 bits per heavy atom. The Morgan fingerprint density at radius 3 is 1.72 bits per heavy atom. The van der Waals surface area contributed by atoms with E-state index in [1.807, 2.05) is 20.8 Å². The molecule has 0 radical (unpaired) electrons. The van der Waals surface area contributed by atoms with Gasteiger partial charge in [-0.1, -0.05) is 46.3 Å². The van der Waals surface area contributed by atoms with Crippen LogP contribution in [0.25, 0.3) is 0 Å². The number of aliphatic carboxylic acids is 1. The molecule has 8 fully saturated rings. The highest BCUT2D eigenvalue weighted by Gasteiger charge is 2.72. The monoisotopic (exact) mass is 1190 g/mol. The molecule has 26 heteroatoms. The summed E-state index contributed by atoms with van der Waals surface area (Å²) >= 11 is 0. The SMILES string of the molecule is CC(C)=CCC[C@](C)(O[C@@H]1O[C@H](CO[C@@H]2O[C@H](CO)[C@@H](O)[C@H](O)[C@H]2O)[C@@H](O)[C@H](O)[C@H]1O)[C@H]1CC[C@]2(C)[C@@H]1[C@H](O)C[C@@H]1[C@@]3(C)CC[C@H](O[C@@H]4O[C@H](CO)[C@@H](O)[C@H](O)[C@H]4O[C@H]4O[C@H](COC(=O)CC(=O)O)[C@@H](O)[C@H](O)[C@H]4O)C(C)(C)[C@@H]3CC[C@]12C. The number of ether oxygens (including phenoxy) is 9. The molecule has 0 unspecified atom stereocenters. The highest BCUT2D eigenvalue weighted by atomic mass is 16.8. The van der Waals surface area contributed by atoms with Crippen molar-refractivity contribution >= 4 is 11.9 Å². The second kappa shape index (κ2) is 25.7. The molecule has 8 rings (SSSR count). The van der Waals surface area contributed by atoms with E-state index in [1.165, 1.54) is 0 Å². The number of aliphatic hydroxyl groups is 14. The van der Waals surface area contributed by atoms with Gasteiger partial charge >= 0.3 is 11.9 Å². The molecule has 30 atom stereocenters. The molecule has 4 saturated heterocycles. The Morgan fingerprint density at radius 1 is 0.590 bits per heavy atom. The van der Waals surface area contributed by atoms with Crippen LogP contribution >= 0.6 is 0 Å². The van der Waals surface area contributed by atoms with Crippen LogP contribution in [-0.2, 0) is 52.2 Å². The molecule has 0 aromatic rings. The minimum Gasteiger partial charge on any atom is -0.481 e. The molecule has 0 amide bonds. The second-order valence-electron chi connectivity index (χ2n) is 26.8. The van der Waals surface area contributed by atoms with Gasteiger partial charge in [0.25, 0.3) is 0 Å². The Hall–Kier alpha value is -2.20. The van der Waals surface area contributed by atoms with Gasteiger partial charge in [0.2, 0.25) is 0 Å². The van der Waals surface area contributed by atoms with Gasteiger partial charge in [-0.25, -0.2) is 0 Å². The number of hydrogen-bond acceptors (Lipinski definition) is 25. The Kier molecular flexibility index (Phi) is 20.7. The molecule has 4 aliphatic carbocycles. The number of fused-ring (bicyclic) bond motifs is 5. The van der Waals surface area contributed by atoms with Crippen LogP contribution in [-0.4, -0.2) is 256 Å². The van der Waals surface area contributed by atoms with Crippen molar-refractivity contribution in [3.8, 4) is 0 Å². The molecule has 4 heterocycles. The fourth-order valence-electron chi connectivity index (χ4n) is 16.6. The van der Waals surface area contributed by atoms with Gasteiger partial charge in [0, 0.05) is 0 Å². The van der Waals surface area contributed by atoms with E-state index in [0.717, 1.165) is 24.8 Å². The lowest BCUT2D eigenvalue weighted by Gasteiger charge is -2.71. The Bertz CT molecular complexity index is 2240. The van der Waals surface area contributed by atoms with E-state index in [4.69, 9.17) is 47.7 Å². The van der Waals surface area contributed by atoms with Gasteiger partial charge in [-0.15, -0.1) is 0 Å². The minimum atomic E-state index is -1.95. The first-order valence-corrected chi connectivity index (χ1v) is 29.4. The molecule has 26 nitrogen and oxygen atoms in total. The summed E-state index contributed by atoms with van der Waals surface area (Å²) in [5, 5.41) is 162. The number of carboxylic acids is 1. The zero-order valence-corrected chi connectivity index (χ0v) is 48.7. The number of hydrogen-bond donors (Lipinski definition) is 15. The first kappa shape index (κ1) is 66.7. The van der Waals surface area contributed by atoms with Gasteiger partial charge in [0.1, 0.15) is 111 Å². The molecular weight excluding hydrogens is 1100 g/mol. The zero-order valence-electron chi connectivity index (χ0n) is 48.7. The van der Waals surface area contributed by atoms with Crippen LogP contribution in [0.5, 0.6) is 0 Å². The fourth-order valence-corrected chi connectivity index (χ4v) is 16.6. The van der Waals surface area contributed by atoms with Crippen LogP contribution in [0, 0.1) is 45.3 Å². The summed E-state index contributed by atoms with van der Waals surface area (Å²) in [5.74, 6) is -3.27. The van der Waals surface area contributed by atoms with Crippen LogP contribution in [0.3, 0.4) is 0 Å². The van der Waals surface area contributed by atoms with Crippen molar-refractivity contribution in [1.29, 1.82) is 0 Å². The van der Waals surface area contributed by atoms with Gasteiger partial charge in [0.05, 0.1) is 37.6 Å². The van der Waals surface area contributed by atoms with E-state index in [1.54, 1.807) is 0 Å². The van der Waals surface area contributed by atoms with Gasteiger partial charge in [0.15, 0.2) is 25.2 Å². The maximum Gasteiger partial charge on any atom is 0.317 e. The highest BCUT2D eigenvalue weighted by Crippen LogP contribution is 2.76. The molecule has 0 aromatic heterocycles. The van der Waals surface area contributed by atoms with Crippen LogP contribution in [0.2, 0.25) is 0 Å². The molecule has 8 aliphatic rings. The number of esters is 1. The predicted molar refractivity (Wildman–Crippen MR) is 282 cm³/mol. The van der Waals surface area contributed by atoms with Crippen molar-refractivity contribution < 1.29 is 129 Å². The first-order chi connectivity index (χ1) is 38.8. The zero-order chi connectivity index (χ0) is 61.2. The van der Waals surface area contributed by atoms with E-state index >= 15 is 0 Å². The fraction of sp³-hybridized carbons (Fsp3) is 0.930. The maximum absolute atomic E-state index is 12.9. The average Bonchev–Trinajstić information content (AvgIpc) is 1.74. The van der Waals surface area contributed by atoms with Gasteiger partial charge < -0.3 is 119 Å². The van der Waals surface area contributed by atoms with Gasteiger partial charge in [-0.3, -0.25) is 9.59 Å². The maximum atomic E-state index is 12.9. The standard InChI is InChI=1S/C57H94O26/c1-24(2)10-9-14-57(8,83-51-47(74)43(70)40(67)30(80-51)23-76-49-45(72)41(68)37(64)27(20-58)77-49)25-11-16-56(7)36(25)26(60)18-32-54(5)15-13-33(53(3,4)31(54)12-17-55(32,56)6)81-52-48(44(71)38(65)28(21-59)78-52)82-50-46(73)42(69)39(66)29(79-50)22-75-35(63)19-34(61)62/h10,25-33,36-52,58-60,64-74H,9,11-23H2,1-8H3,(H,61,62)/t25-,26+,27+,28+,29+,30+,31-,32+,33-,36-,37+,38+,39+,40+,41-,42-,43-,44-,45+,46+,47+,48+,49+,50+,51-,52-,54-,55+,56+,57-/m0/s1. The lowest BCUT2D eigenvalue weighted by Crippen LogP contribution is -2.68. The molecular formula is C57H94O26. The lowest BCUT2D eigenvalue weighted by molar-refractivity contribution is -0.378. The van der Waals surface area contributed by atoms with Crippen LogP contribution in [0.15, 0.2) is 11.6 Å². The third-order valence-corrected chi connectivity index (χ3v) is 21.4. The Labute approximate surface area is 483 Å². The topological polar surface area (TPSA) is 421 Å². The van der Waals surface area contributed by atoms with E-state index in [0.29, 0.717) is 38.5 Å². The van der Waals surface area contributed by atoms with Crippen LogP contribution < -0.4 is 0 Å². The molecule has 4 saturated carbocycles. The van der Waals surface area contributed by atoms with Crippen molar-refractivity contribution in [2.75, 3.05) is 26.4 Å². The number of carbonyl (C=O) groups excluding carboxylic acids is 1. The molecule has 0 aromatic carbocycles. The minimum absolute atomic E-state index is 0.00720. The van der Waals surface area contributed by atoms with Crippen molar-refractivity contribution in [3.05, 3.63) is 11.6 Å². The van der Waals surface area contributed by atoms with Crippen LogP contribution in [0.1, 0.15) is 120 Å². The summed E-state index contributed by atoms with van der Waals surface area (Å²) in [6.07, 6.45) is -28.1. The molecule has 0 spiro atoms. The van der Waals surface area contributed by atoms with Crippen LogP contribution in [0.4, 0.5) is 0 Å². The van der Waals surface area contributed by atoms with Crippen molar-refractivity contribution in [2.45, 2.75) is 260 Å². The summed E-state index contributed by atoms with van der Waals surface area (Å²) in [7, 11) is 0.